The number of pyridine rings is 1. The Labute approximate surface area is 122 Å². The summed E-state index contributed by atoms with van der Waals surface area (Å²) >= 11 is 13.0. The van der Waals surface area contributed by atoms with E-state index in [2.05, 4.69) is 10.3 Å². The van der Waals surface area contributed by atoms with Gasteiger partial charge < -0.3 is 5.32 Å². The standard InChI is InChI=1S/C12H6Cl2N2O2S/c13-5-4-6-9(16-11(5)14)8(12(18)15-6)10(17)7-2-1-3-19-7/h1-4,8H,(H,15,18). The summed E-state index contributed by atoms with van der Waals surface area (Å²) < 4.78 is 0. The van der Waals surface area contributed by atoms with E-state index in [1.807, 2.05) is 0 Å². The van der Waals surface area contributed by atoms with Gasteiger partial charge in [0.05, 0.1) is 21.3 Å². The van der Waals surface area contributed by atoms with E-state index in [4.69, 9.17) is 23.2 Å². The second-order valence-electron chi connectivity index (χ2n) is 3.96. The van der Waals surface area contributed by atoms with Crippen molar-refractivity contribution in [2.75, 3.05) is 5.32 Å². The molecule has 96 valence electrons. The van der Waals surface area contributed by atoms with Crippen LogP contribution in [-0.2, 0) is 4.79 Å². The molecule has 0 aromatic carbocycles. The van der Waals surface area contributed by atoms with Crippen LogP contribution in [-0.4, -0.2) is 16.7 Å². The van der Waals surface area contributed by atoms with Crippen LogP contribution in [0.1, 0.15) is 21.3 Å². The number of nitrogens with one attached hydrogen (secondary N) is 1. The fourth-order valence-corrected chi connectivity index (χ4v) is 2.92. The largest absolute Gasteiger partial charge is 0.323 e. The molecule has 0 aliphatic carbocycles. The Morgan fingerprint density at radius 2 is 2.21 bits per heavy atom. The van der Waals surface area contributed by atoms with Crippen LogP contribution in [0.3, 0.4) is 0 Å². The predicted molar refractivity (Wildman–Crippen MR) is 74.3 cm³/mol. The molecule has 4 nitrogen and oxygen atoms in total. The second kappa shape index (κ2) is 4.59. The number of halogens is 2. The van der Waals surface area contributed by atoms with Crippen molar-refractivity contribution in [2.45, 2.75) is 5.92 Å². The van der Waals surface area contributed by atoms with Gasteiger partial charge in [-0.1, -0.05) is 29.3 Å². The van der Waals surface area contributed by atoms with Crippen molar-refractivity contribution in [1.29, 1.82) is 0 Å². The number of anilines is 1. The number of rotatable bonds is 2. The van der Waals surface area contributed by atoms with E-state index < -0.39 is 11.8 Å². The highest BCUT2D eigenvalue weighted by Gasteiger charge is 2.39. The maximum absolute atomic E-state index is 12.3. The topological polar surface area (TPSA) is 59.1 Å². The Morgan fingerprint density at radius 3 is 2.89 bits per heavy atom. The van der Waals surface area contributed by atoms with Gasteiger partial charge in [-0.3, -0.25) is 9.59 Å². The number of aromatic nitrogens is 1. The maximum atomic E-state index is 12.3. The van der Waals surface area contributed by atoms with E-state index in [9.17, 15) is 9.59 Å². The first-order chi connectivity index (χ1) is 9.08. The Hall–Kier alpha value is -1.43. The average molecular weight is 313 g/mol. The summed E-state index contributed by atoms with van der Waals surface area (Å²) in [6.07, 6.45) is 0. The molecule has 0 fully saturated rings. The molecule has 1 unspecified atom stereocenters. The highest BCUT2D eigenvalue weighted by Crippen LogP contribution is 2.37. The SMILES string of the molecule is O=C1Nc2cc(Cl)c(Cl)nc2C1C(=O)c1cccs1. The van der Waals surface area contributed by atoms with E-state index in [1.54, 1.807) is 17.5 Å². The van der Waals surface area contributed by atoms with Crippen LogP contribution < -0.4 is 5.32 Å². The third kappa shape index (κ3) is 2.04. The lowest BCUT2D eigenvalue weighted by Crippen LogP contribution is -2.20. The Bertz CT molecular complexity index is 685. The van der Waals surface area contributed by atoms with E-state index >= 15 is 0 Å². The zero-order valence-corrected chi connectivity index (χ0v) is 11.6. The predicted octanol–water partition coefficient (Wildman–Crippen LogP) is 3.37. The van der Waals surface area contributed by atoms with Crippen LogP contribution in [0.4, 0.5) is 5.69 Å². The quantitative estimate of drug-likeness (QED) is 0.525. The van der Waals surface area contributed by atoms with Crippen molar-refractivity contribution >= 4 is 51.9 Å². The van der Waals surface area contributed by atoms with Gasteiger partial charge in [0.2, 0.25) is 5.91 Å². The molecule has 0 radical (unpaired) electrons. The molecule has 1 atom stereocenters. The summed E-state index contributed by atoms with van der Waals surface area (Å²) in [5.41, 5.74) is 0.770. The molecule has 0 bridgehead atoms. The number of Topliss-reactive ketones (excluding diaryl/α,β-unsaturated/α-hetero) is 1. The molecular weight excluding hydrogens is 307 g/mol. The average Bonchev–Trinajstić information content (AvgIpc) is 2.97. The number of amides is 1. The minimum atomic E-state index is -0.955. The van der Waals surface area contributed by atoms with Crippen molar-refractivity contribution in [2.24, 2.45) is 0 Å². The first-order valence-corrected chi connectivity index (χ1v) is 6.96. The lowest BCUT2D eigenvalue weighted by Gasteiger charge is -2.06. The fraction of sp³-hybridized carbons (Fsp3) is 0.0833. The van der Waals surface area contributed by atoms with Gasteiger partial charge in [-0.15, -0.1) is 11.3 Å². The van der Waals surface area contributed by atoms with Crippen LogP contribution in [0.5, 0.6) is 0 Å². The summed E-state index contributed by atoms with van der Waals surface area (Å²) in [6, 6.07) is 4.94. The van der Waals surface area contributed by atoms with Crippen LogP contribution in [0, 0.1) is 0 Å². The lowest BCUT2D eigenvalue weighted by atomic mass is 10.00. The summed E-state index contributed by atoms with van der Waals surface area (Å²) in [7, 11) is 0. The van der Waals surface area contributed by atoms with Crippen molar-refractivity contribution in [3.63, 3.8) is 0 Å². The third-order valence-corrected chi connectivity index (χ3v) is 4.34. The number of carbonyl (C=O) groups excluding carboxylic acids is 2. The molecule has 3 heterocycles. The highest BCUT2D eigenvalue weighted by atomic mass is 35.5. The molecule has 3 rings (SSSR count). The Morgan fingerprint density at radius 1 is 1.42 bits per heavy atom. The number of carbonyl (C=O) groups is 2. The first-order valence-electron chi connectivity index (χ1n) is 5.32. The van der Waals surface area contributed by atoms with E-state index in [-0.39, 0.29) is 16.0 Å². The van der Waals surface area contributed by atoms with Crippen molar-refractivity contribution < 1.29 is 9.59 Å². The number of fused-ring (bicyclic) bond motifs is 1. The molecule has 2 aromatic heterocycles. The Balaban J connectivity index is 2.08. The molecule has 1 aliphatic heterocycles. The number of hydrogen-bond donors (Lipinski definition) is 1. The summed E-state index contributed by atoms with van der Waals surface area (Å²) in [4.78, 5) is 28.8. The fourth-order valence-electron chi connectivity index (χ4n) is 1.93. The van der Waals surface area contributed by atoms with Crippen LogP contribution >= 0.6 is 34.5 Å². The number of ketones is 1. The smallest absolute Gasteiger partial charge is 0.241 e. The maximum Gasteiger partial charge on any atom is 0.241 e. The zero-order chi connectivity index (χ0) is 13.6. The van der Waals surface area contributed by atoms with Gasteiger partial charge in [0.15, 0.2) is 5.78 Å². The minimum absolute atomic E-state index is 0.0842. The molecule has 7 heteroatoms. The van der Waals surface area contributed by atoms with Crippen molar-refractivity contribution in [1.82, 2.24) is 4.98 Å². The van der Waals surface area contributed by atoms with Gasteiger partial charge in [0.1, 0.15) is 11.1 Å². The third-order valence-electron chi connectivity index (χ3n) is 2.78. The Kier molecular flexibility index (Phi) is 3.05. The van der Waals surface area contributed by atoms with Gasteiger partial charge in [-0.05, 0) is 17.5 Å². The van der Waals surface area contributed by atoms with E-state index in [1.165, 1.54) is 17.4 Å². The van der Waals surface area contributed by atoms with Crippen LogP contribution in [0.25, 0.3) is 0 Å². The molecule has 1 N–H and O–H groups in total. The minimum Gasteiger partial charge on any atom is -0.323 e. The normalized spacial score (nSPS) is 17.2. The second-order valence-corrected chi connectivity index (χ2v) is 5.67. The van der Waals surface area contributed by atoms with Crippen molar-refractivity contribution in [3.8, 4) is 0 Å². The van der Waals surface area contributed by atoms with E-state index in [0.717, 1.165) is 0 Å². The molecule has 0 saturated carbocycles. The summed E-state index contributed by atoms with van der Waals surface area (Å²) in [5, 5.41) is 4.70. The first kappa shape index (κ1) is 12.6. The van der Waals surface area contributed by atoms with Gasteiger partial charge in [0.25, 0.3) is 0 Å². The van der Waals surface area contributed by atoms with Crippen LogP contribution in [0.2, 0.25) is 10.2 Å². The van der Waals surface area contributed by atoms with Gasteiger partial charge in [-0.25, -0.2) is 4.98 Å². The molecule has 1 amide bonds. The molecule has 0 spiro atoms. The summed E-state index contributed by atoms with van der Waals surface area (Å²) in [6.45, 7) is 0. The number of thiophene rings is 1. The molecule has 2 aromatic rings. The van der Waals surface area contributed by atoms with Gasteiger partial charge in [-0.2, -0.15) is 0 Å². The lowest BCUT2D eigenvalue weighted by molar-refractivity contribution is -0.116. The molecular formula is C12H6Cl2N2O2S. The monoisotopic (exact) mass is 312 g/mol. The van der Waals surface area contributed by atoms with Gasteiger partial charge in [0, 0.05) is 0 Å². The van der Waals surface area contributed by atoms with Gasteiger partial charge >= 0.3 is 0 Å². The molecule has 19 heavy (non-hydrogen) atoms. The molecule has 0 saturated heterocycles. The number of hydrogen-bond acceptors (Lipinski definition) is 4. The molecule has 1 aliphatic rings. The highest BCUT2D eigenvalue weighted by molar-refractivity contribution is 7.12. The van der Waals surface area contributed by atoms with Crippen LogP contribution in [0.15, 0.2) is 23.6 Å². The van der Waals surface area contributed by atoms with Crippen molar-refractivity contribution in [3.05, 3.63) is 44.3 Å². The van der Waals surface area contributed by atoms with E-state index in [0.29, 0.717) is 16.3 Å². The zero-order valence-electron chi connectivity index (χ0n) is 9.31. The summed E-state index contributed by atoms with van der Waals surface area (Å²) in [5.74, 6) is -1.64. The number of nitrogens with zero attached hydrogens (tertiary/aromatic N) is 1.